The Balaban J connectivity index is 1.68. The van der Waals surface area contributed by atoms with E-state index in [1.165, 1.54) is 13.0 Å². The normalized spacial score (nSPS) is 12.0. The molecule has 5 nitrogen and oxygen atoms in total. The molecular weight excluding hydrogens is 363 g/mol. The highest BCUT2D eigenvalue weighted by molar-refractivity contribution is 6.35. The molecule has 0 aliphatic heterocycles. The van der Waals surface area contributed by atoms with E-state index in [-0.39, 0.29) is 5.69 Å². The number of amides is 1. The predicted octanol–water partition coefficient (Wildman–Crippen LogP) is 4.66. The lowest BCUT2D eigenvalue weighted by molar-refractivity contribution is -0.123. The summed E-state index contributed by atoms with van der Waals surface area (Å²) < 4.78 is 5.21. The fourth-order valence-corrected chi connectivity index (χ4v) is 2.63. The minimum Gasteiger partial charge on any atom is -0.448 e. The molecule has 0 aliphatic carbocycles. The first-order valence-electron chi connectivity index (χ1n) is 7.48. The summed E-state index contributed by atoms with van der Waals surface area (Å²) in [6, 6.07) is 13.8. The summed E-state index contributed by atoms with van der Waals surface area (Å²) in [7, 11) is 0. The number of H-pyrrole nitrogens is 1. The molecule has 1 aromatic heterocycles. The SMILES string of the molecule is C[C@@H](OC(=O)c1cc2ccccc2[nH]1)C(=O)Nc1cc(Cl)ccc1Cl. The molecule has 0 radical (unpaired) electrons. The molecule has 0 fully saturated rings. The molecule has 0 aliphatic rings. The number of carbonyl (C=O) groups is 2. The zero-order chi connectivity index (χ0) is 18.0. The number of nitrogens with one attached hydrogen (secondary N) is 2. The molecule has 7 heteroatoms. The summed E-state index contributed by atoms with van der Waals surface area (Å²) in [6.07, 6.45) is -1.01. The standard InChI is InChI=1S/C18H14Cl2N2O3/c1-10(17(23)22-15-9-12(19)6-7-13(15)20)25-18(24)16-8-11-4-2-3-5-14(11)21-16/h2-10,21H,1H3,(H,22,23)/t10-/m1/s1. The van der Waals surface area contributed by atoms with Crippen LogP contribution in [0.3, 0.4) is 0 Å². The van der Waals surface area contributed by atoms with Gasteiger partial charge in [0.1, 0.15) is 5.69 Å². The van der Waals surface area contributed by atoms with Gasteiger partial charge < -0.3 is 15.0 Å². The summed E-state index contributed by atoms with van der Waals surface area (Å²) in [6.45, 7) is 1.48. The molecule has 2 N–H and O–H groups in total. The van der Waals surface area contributed by atoms with Gasteiger partial charge in [-0.25, -0.2) is 4.79 Å². The molecule has 2 aromatic carbocycles. The zero-order valence-corrected chi connectivity index (χ0v) is 14.7. The number of rotatable bonds is 4. The van der Waals surface area contributed by atoms with Gasteiger partial charge in [-0.3, -0.25) is 4.79 Å². The van der Waals surface area contributed by atoms with Crippen LogP contribution < -0.4 is 5.32 Å². The van der Waals surface area contributed by atoms with Gasteiger partial charge in [-0.15, -0.1) is 0 Å². The van der Waals surface area contributed by atoms with Crippen molar-refractivity contribution < 1.29 is 14.3 Å². The number of hydrogen-bond donors (Lipinski definition) is 2. The number of aromatic amines is 1. The van der Waals surface area contributed by atoms with Gasteiger partial charge in [-0.05, 0) is 37.3 Å². The van der Waals surface area contributed by atoms with Gasteiger partial charge in [0, 0.05) is 15.9 Å². The summed E-state index contributed by atoms with van der Waals surface area (Å²) in [5.74, 6) is -1.12. The summed E-state index contributed by atoms with van der Waals surface area (Å²) in [4.78, 5) is 27.4. The van der Waals surface area contributed by atoms with E-state index < -0.39 is 18.0 Å². The van der Waals surface area contributed by atoms with E-state index in [1.54, 1.807) is 18.2 Å². The van der Waals surface area contributed by atoms with Crippen LogP contribution in [0.4, 0.5) is 5.69 Å². The molecule has 1 atom stereocenters. The highest BCUT2D eigenvalue weighted by Crippen LogP contribution is 2.25. The quantitative estimate of drug-likeness (QED) is 0.650. The third kappa shape index (κ3) is 3.95. The molecule has 3 rings (SSSR count). The second-order valence-electron chi connectivity index (χ2n) is 5.43. The Hall–Kier alpha value is -2.50. The Kier molecular flexibility index (Phi) is 4.97. The fourth-order valence-electron chi connectivity index (χ4n) is 2.29. The van der Waals surface area contributed by atoms with Crippen molar-refractivity contribution in [3.63, 3.8) is 0 Å². The molecule has 0 unspecified atom stereocenters. The van der Waals surface area contributed by atoms with Crippen molar-refractivity contribution in [1.29, 1.82) is 0 Å². The maximum absolute atomic E-state index is 12.2. The molecular formula is C18H14Cl2N2O3. The topological polar surface area (TPSA) is 71.2 Å². The molecule has 0 saturated heterocycles. The second kappa shape index (κ2) is 7.17. The zero-order valence-electron chi connectivity index (χ0n) is 13.2. The Bertz CT molecular complexity index is 919. The lowest BCUT2D eigenvalue weighted by atomic mass is 10.2. The van der Waals surface area contributed by atoms with Crippen molar-refractivity contribution in [3.8, 4) is 0 Å². The van der Waals surface area contributed by atoms with E-state index in [1.807, 2.05) is 24.3 Å². The number of fused-ring (bicyclic) bond motifs is 1. The predicted molar refractivity (Wildman–Crippen MR) is 98.3 cm³/mol. The number of carbonyl (C=O) groups excluding carboxylic acids is 2. The van der Waals surface area contributed by atoms with Gasteiger partial charge in [0.05, 0.1) is 10.7 Å². The Morgan fingerprint density at radius 3 is 2.64 bits per heavy atom. The van der Waals surface area contributed by atoms with Crippen LogP contribution >= 0.6 is 23.2 Å². The molecule has 0 bridgehead atoms. The maximum atomic E-state index is 12.2. The van der Waals surface area contributed by atoms with Crippen molar-refractivity contribution in [1.82, 2.24) is 4.98 Å². The highest BCUT2D eigenvalue weighted by atomic mass is 35.5. The number of ether oxygens (including phenoxy) is 1. The molecule has 25 heavy (non-hydrogen) atoms. The maximum Gasteiger partial charge on any atom is 0.355 e. The van der Waals surface area contributed by atoms with Crippen molar-refractivity contribution in [3.05, 3.63) is 64.3 Å². The number of halogens is 2. The average molecular weight is 377 g/mol. The molecule has 0 saturated carbocycles. The number of aromatic nitrogens is 1. The number of benzene rings is 2. The van der Waals surface area contributed by atoms with Gasteiger partial charge in [-0.1, -0.05) is 41.4 Å². The first kappa shape index (κ1) is 17.3. The number of esters is 1. The van der Waals surface area contributed by atoms with E-state index in [0.29, 0.717) is 15.7 Å². The largest absolute Gasteiger partial charge is 0.448 e. The van der Waals surface area contributed by atoms with Crippen LogP contribution in [0.2, 0.25) is 10.0 Å². The summed E-state index contributed by atoms with van der Waals surface area (Å²) in [5, 5.41) is 4.25. The Labute approximate surface area is 153 Å². The Morgan fingerprint density at radius 1 is 1.12 bits per heavy atom. The van der Waals surface area contributed by atoms with Gasteiger partial charge in [0.25, 0.3) is 5.91 Å². The van der Waals surface area contributed by atoms with Crippen LogP contribution in [0.15, 0.2) is 48.5 Å². The number of hydrogen-bond acceptors (Lipinski definition) is 3. The number of anilines is 1. The summed E-state index contributed by atoms with van der Waals surface area (Å²) in [5.41, 5.74) is 1.45. The molecule has 3 aromatic rings. The molecule has 1 amide bonds. The molecule has 1 heterocycles. The van der Waals surface area contributed by atoms with Crippen molar-refractivity contribution in [2.45, 2.75) is 13.0 Å². The average Bonchev–Trinajstić information content (AvgIpc) is 3.02. The van der Waals surface area contributed by atoms with Gasteiger partial charge >= 0.3 is 5.97 Å². The van der Waals surface area contributed by atoms with E-state index in [9.17, 15) is 9.59 Å². The van der Waals surface area contributed by atoms with Crippen molar-refractivity contribution in [2.24, 2.45) is 0 Å². The third-order valence-corrected chi connectivity index (χ3v) is 4.15. The first-order chi connectivity index (χ1) is 11.9. The second-order valence-corrected chi connectivity index (χ2v) is 6.27. The van der Waals surface area contributed by atoms with Crippen LogP contribution in [0.25, 0.3) is 10.9 Å². The lowest BCUT2D eigenvalue weighted by Gasteiger charge is -2.14. The van der Waals surface area contributed by atoms with E-state index >= 15 is 0 Å². The van der Waals surface area contributed by atoms with Crippen LogP contribution in [0, 0.1) is 0 Å². The van der Waals surface area contributed by atoms with Crippen LogP contribution in [-0.4, -0.2) is 23.0 Å². The number of para-hydroxylation sites is 1. The third-order valence-electron chi connectivity index (χ3n) is 3.59. The van der Waals surface area contributed by atoms with Crippen molar-refractivity contribution in [2.75, 3.05) is 5.32 Å². The fraction of sp³-hybridized carbons (Fsp3) is 0.111. The van der Waals surface area contributed by atoms with Crippen LogP contribution in [0.5, 0.6) is 0 Å². The van der Waals surface area contributed by atoms with Crippen LogP contribution in [0.1, 0.15) is 17.4 Å². The monoisotopic (exact) mass is 376 g/mol. The minimum absolute atomic E-state index is 0.279. The smallest absolute Gasteiger partial charge is 0.355 e. The van der Waals surface area contributed by atoms with Gasteiger partial charge in [0.2, 0.25) is 0 Å². The van der Waals surface area contributed by atoms with E-state index in [0.717, 1.165) is 10.9 Å². The van der Waals surface area contributed by atoms with Gasteiger partial charge in [-0.2, -0.15) is 0 Å². The van der Waals surface area contributed by atoms with Crippen molar-refractivity contribution >= 4 is 51.7 Å². The molecule has 128 valence electrons. The molecule has 0 spiro atoms. The first-order valence-corrected chi connectivity index (χ1v) is 8.24. The van der Waals surface area contributed by atoms with E-state index in [2.05, 4.69) is 10.3 Å². The highest BCUT2D eigenvalue weighted by Gasteiger charge is 2.21. The van der Waals surface area contributed by atoms with Crippen LogP contribution in [-0.2, 0) is 9.53 Å². The minimum atomic E-state index is -1.01. The Morgan fingerprint density at radius 2 is 1.88 bits per heavy atom. The van der Waals surface area contributed by atoms with E-state index in [4.69, 9.17) is 27.9 Å². The lowest BCUT2D eigenvalue weighted by Crippen LogP contribution is -2.30. The summed E-state index contributed by atoms with van der Waals surface area (Å²) >= 11 is 11.9. The van der Waals surface area contributed by atoms with Gasteiger partial charge in [0.15, 0.2) is 6.10 Å².